The second-order valence-electron chi connectivity index (χ2n) is 7.65. The summed E-state index contributed by atoms with van der Waals surface area (Å²) in [6.07, 6.45) is -5.23. The maximum atomic E-state index is 14.0. The fourth-order valence-corrected chi connectivity index (χ4v) is 3.41. The third kappa shape index (κ3) is 7.13. The van der Waals surface area contributed by atoms with Gasteiger partial charge in [-0.1, -0.05) is 60.7 Å². The van der Waals surface area contributed by atoms with Gasteiger partial charge in [-0.25, -0.2) is 4.39 Å². The molecule has 0 unspecified atom stereocenters. The summed E-state index contributed by atoms with van der Waals surface area (Å²) in [7, 11) is 0. The van der Waals surface area contributed by atoms with Crippen molar-refractivity contribution in [2.75, 3.05) is 6.54 Å². The van der Waals surface area contributed by atoms with Crippen molar-refractivity contribution in [1.82, 2.24) is 10.6 Å². The summed E-state index contributed by atoms with van der Waals surface area (Å²) in [6.45, 7) is 0.103. The molecule has 0 aliphatic carbocycles. The highest BCUT2D eigenvalue weighted by atomic mass is 19.4. The minimum absolute atomic E-state index is 0.00526. The molecule has 3 aromatic rings. The van der Waals surface area contributed by atoms with E-state index < -0.39 is 35.6 Å². The van der Waals surface area contributed by atoms with Gasteiger partial charge in [0.2, 0.25) is 0 Å². The zero-order valence-electron chi connectivity index (χ0n) is 17.6. The first-order valence-corrected chi connectivity index (χ1v) is 10.4. The Labute approximate surface area is 189 Å². The van der Waals surface area contributed by atoms with E-state index in [4.69, 9.17) is 0 Å². The van der Waals surface area contributed by atoms with E-state index in [2.05, 4.69) is 10.6 Å². The molecule has 0 saturated heterocycles. The zero-order chi connectivity index (χ0) is 23.8. The van der Waals surface area contributed by atoms with Crippen LogP contribution in [0.1, 0.15) is 27.0 Å². The molecule has 3 N–H and O–H groups in total. The van der Waals surface area contributed by atoms with Crippen molar-refractivity contribution in [3.8, 4) is 0 Å². The molecule has 1 amide bonds. The van der Waals surface area contributed by atoms with E-state index in [1.807, 2.05) is 30.3 Å². The molecular weight excluding hydrogens is 436 g/mol. The Morgan fingerprint density at radius 3 is 2.27 bits per heavy atom. The lowest BCUT2D eigenvalue weighted by atomic mass is 10.00. The minimum atomic E-state index is -4.44. The molecule has 0 aliphatic heterocycles. The summed E-state index contributed by atoms with van der Waals surface area (Å²) in [6, 6.07) is 18.8. The van der Waals surface area contributed by atoms with Crippen LogP contribution < -0.4 is 10.6 Å². The third-order valence-corrected chi connectivity index (χ3v) is 5.13. The Morgan fingerprint density at radius 1 is 0.909 bits per heavy atom. The Balaban J connectivity index is 1.66. The molecule has 0 spiro atoms. The smallest absolute Gasteiger partial charge is 0.390 e. The van der Waals surface area contributed by atoms with Gasteiger partial charge in [0.1, 0.15) is 5.82 Å². The molecule has 2 atom stereocenters. The summed E-state index contributed by atoms with van der Waals surface area (Å²) >= 11 is 0. The van der Waals surface area contributed by atoms with Gasteiger partial charge in [0.15, 0.2) is 0 Å². The topological polar surface area (TPSA) is 61.4 Å². The largest absolute Gasteiger partial charge is 0.416 e. The molecule has 8 heteroatoms. The van der Waals surface area contributed by atoms with Crippen LogP contribution in [0.25, 0.3) is 0 Å². The quantitative estimate of drug-likeness (QED) is 0.417. The van der Waals surface area contributed by atoms with Crippen molar-refractivity contribution < 1.29 is 27.5 Å². The summed E-state index contributed by atoms with van der Waals surface area (Å²) in [5.74, 6) is -1.34. The highest BCUT2D eigenvalue weighted by Crippen LogP contribution is 2.29. The number of benzene rings is 3. The molecule has 0 radical (unpaired) electrons. The fraction of sp³-hybridized carbons (Fsp3) is 0.240. The van der Waals surface area contributed by atoms with E-state index in [-0.39, 0.29) is 25.1 Å². The van der Waals surface area contributed by atoms with Gasteiger partial charge in [-0.3, -0.25) is 4.79 Å². The van der Waals surface area contributed by atoms with Crippen LogP contribution in [0, 0.1) is 5.82 Å². The first-order valence-electron chi connectivity index (χ1n) is 10.4. The molecular formula is C25H24F4N2O2. The van der Waals surface area contributed by atoms with Gasteiger partial charge in [-0.05, 0) is 35.7 Å². The van der Waals surface area contributed by atoms with Crippen molar-refractivity contribution >= 4 is 5.91 Å². The second-order valence-corrected chi connectivity index (χ2v) is 7.65. The van der Waals surface area contributed by atoms with Crippen LogP contribution >= 0.6 is 0 Å². The fourth-order valence-electron chi connectivity index (χ4n) is 3.41. The van der Waals surface area contributed by atoms with Gasteiger partial charge < -0.3 is 15.7 Å². The molecule has 174 valence electrons. The van der Waals surface area contributed by atoms with Crippen molar-refractivity contribution in [3.05, 3.63) is 107 Å². The van der Waals surface area contributed by atoms with Gasteiger partial charge in [-0.2, -0.15) is 13.2 Å². The SMILES string of the molecule is O=C(N[C@@H](Cc1ccccc1)[C@H](O)CNCc1cccc(C(F)(F)F)c1)c1ccccc1F. The van der Waals surface area contributed by atoms with E-state index in [0.717, 1.165) is 17.7 Å². The van der Waals surface area contributed by atoms with Crippen molar-refractivity contribution in [3.63, 3.8) is 0 Å². The highest BCUT2D eigenvalue weighted by Gasteiger charge is 2.30. The third-order valence-electron chi connectivity index (χ3n) is 5.13. The van der Waals surface area contributed by atoms with E-state index in [1.54, 1.807) is 6.07 Å². The normalized spacial score (nSPS) is 13.4. The molecule has 0 heterocycles. The number of rotatable bonds is 9. The predicted octanol–water partition coefficient (Wildman–Crippen LogP) is 4.34. The number of hydrogen-bond donors (Lipinski definition) is 3. The van der Waals surface area contributed by atoms with Crippen LogP contribution in [-0.4, -0.2) is 29.7 Å². The minimum Gasteiger partial charge on any atom is -0.390 e. The molecule has 0 saturated carbocycles. The lowest BCUT2D eigenvalue weighted by Gasteiger charge is -2.25. The maximum Gasteiger partial charge on any atom is 0.416 e. The van der Waals surface area contributed by atoms with Crippen molar-refractivity contribution in [2.24, 2.45) is 0 Å². The zero-order valence-corrected chi connectivity index (χ0v) is 17.6. The molecule has 33 heavy (non-hydrogen) atoms. The van der Waals surface area contributed by atoms with Crippen LogP contribution in [0.3, 0.4) is 0 Å². The van der Waals surface area contributed by atoms with E-state index in [9.17, 15) is 27.5 Å². The first-order chi connectivity index (χ1) is 15.7. The van der Waals surface area contributed by atoms with Crippen LogP contribution in [0.5, 0.6) is 0 Å². The second kappa shape index (κ2) is 11.1. The van der Waals surface area contributed by atoms with Crippen molar-refractivity contribution in [1.29, 1.82) is 0 Å². The number of alkyl halides is 3. The Morgan fingerprint density at radius 2 is 1.58 bits per heavy atom. The molecule has 3 aromatic carbocycles. The van der Waals surface area contributed by atoms with Gasteiger partial charge >= 0.3 is 6.18 Å². The lowest BCUT2D eigenvalue weighted by Crippen LogP contribution is -2.48. The standard InChI is InChI=1S/C25H24F4N2O2/c26-21-12-5-4-11-20(21)24(33)31-22(14-17-7-2-1-3-8-17)23(32)16-30-15-18-9-6-10-19(13-18)25(27,28)29/h1-13,22-23,30,32H,14-16H2,(H,31,33)/t22-,23+/m0/s1. The number of aliphatic hydroxyl groups excluding tert-OH is 1. The average molecular weight is 460 g/mol. The predicted molar refractivity (Wildman–Crippen MR) is 117 cm³/mol. The lowest BCUT2D eigenvalue weighted by molar-refractivity contribution is -0.137. The number of halogens is 4. The number of hydrogen-bond acceptors (Lipinski definition) is 3. The molecule has 0 aromatic heterocycles. The van der Waals surface area contributed by atoms with Crippen LogP contribution in [-0.2, 0) is 19.1 Å². The maximum absolute atomic E-state index is 14.0. The number of carbonyl (C=O) groups excluding carboxylic acids is 1. The number of aliphatic hydroxyl groups is 1. The number of nitrogens with one attached hydrogen (secondary N) is 2. The molecule has 4 nitrogen and oxygen atoms in total. The Bertz CT molecular complexity index is 1060. The van der Waals surface area contributed by atoms with Crippen LogP contribution in [0.15, 0.2) is 78.9 Å². The monoisotopic (exact) mass is 460 g/mol. The van der Waals surface area contributed by atoms with Gasteiger partial charge in [0.25, 0.3) is 5.91 Å². The van der Waals surface area contributed by atoms with Crippen molar-refractivity contribution in [2.45, 2.75) is 31.3 Å². The molecule has 0 bridgehead atoms. The molecule has 3 rings (SSSR count). The highest BCUT2D eigenvalue weighted by molar-refractivity contribution is 5.94. The van der Waals surface area contributed by atoms with Crippen LogP contribution in [0.4, 0.5) is 17.6 Å². The van der Waals surface area contributed by atoms with Crippen LogP contribution in [0.2, 0.25) is 0 Å². The van der Waals surface area contributed by atoms with E-state index in [0.29, 0.717) is 5.56 Å². The Hall–Kier alpha value is -3.23. The summed E-state index contributed by atoms with van der Waals surface area (Å²) in [4.78, 5) is 12.6. The number of carbonyl (C=O) groups is 1. The van der Waals surface area contributed by atoms with E-state index in [1.165, 1.54) is 30.3 Å². The van der Waals surface area contributed by atoms with E-state index >= 15 is 0 Å². The summed E-state index contributed by atoms with van der Waals surface area (Å²) in [5.41, 5.74) is 0.376. The van der Waals surface area contributed by atoms with Gasteiger partial charge in [-0.15, -0.1) is 0 Å². The van der Waals surface area contributed by atoms with Gasteiger partial charge in [0, 0.05) is 13.1 Å². The average Bonchev–Trinajstić information content (AvgIpc) is 2.79. The Kier molecular flexibility index (Phi) is 8.19. The first kappa shape index (κ1) is 24.4. The number of amides is 1. The molecule has 0 aliphatic rings. The summed E-state index contributed by atoms with van der Waals surface area (Å²) < 4.78 is 52.7. The molecule has 0 fully saturated rings. The van der Waals surface area contributed by atoms with Gasteiger partial charge in [0.05, 0.1) is 23.3 Å². The summed E-state index contributed by atoms with van der Waals surface area (Å²) in [5, 5.41) is 16.4.